The Hall–Kier alpha value is -2.30. The van der Waals surface area contributed by atoms with E-state index >= 15 is 0 Å². The second-order valence-electron chi connectivity index (χ2n) is 4.53. The molecule has 19 heavy (non-hydrogen) atoms. The van der Waals surface area contributed by atoms with Gasteiger partial charge in [-0.1, -0.05) is 30.3 Å². The van der Waals surface area contributed by atoms with Crippen molar-refractivity contribution in [2.75, 3.05) is 13.1 Å². The first kappa shape index (κ1) is 11.8. The van der Waals surface area contributed by atoms with Gasteiger partial charge in [-0.2, -0.15) is 10.5 Å². The van der Waals surface area contributed by atoms with Crippen molar-refractivity contribution >= 4 is 11.8 Å². The predicted octanol–water partition coefficient (Wildman–Crippen LogP) is 1.89. The number of likely N-dealkylation sites (tertiary alicyclic amines) is 1. The van der Waals surface area contributed by atoms with Gasteiger partial charge in [0.2, 0.25) is 0 Å². The maximum Gasteiger partial charge on any atom is 0.410 e. The van der Waals surface area contributed by atoms with Crippen LogP contribution in [0, 0.1) is 0 Å². The first-order chi connectivity index (χ1) is 9.33. The second kappa shape index (κ2) is 5.14. The molecule has 1 radical (unpaired) electrons. The summed E-state index contributed by atoms with van der Waals surface area (Å²) >= 11 is 0. The van der Waals surface area contributed by atoms with Crippen LogP contribution in [0.2, 0.25) is 0 Å². The molecule has 0 spiro atoms. The standard InChI is InChI=1S/C14H14N3O2/c18-14(19-10-11-4-2-1-3-5-11)17-7-6-13-12(9-17)8-15-16-13/h1-5,8H,6-7,9-10H2. The lowest BCUT2D eigenvalue weighted by molar-refractivity contribution is 0.0993. The Balaban J connectivity index is 1.55. The van der Waals surface area contributed by atoms with E-state index in [2.05, 4.69) is 10.5 Å². The highest BCUT2D eigenvalue weighted by Crippen LogP contribution is 2.17. The lowest BCUT2D eigenvalue weighted by Crippen LogP contribution is -2.39. The van der Waals surface area contributed by atoms with Crippen LogP contribution in [0.15, 0.2) is 47.2 Å². The second-order valence-corrected chi connectivity index (χ2v) is 4.53. The van der Waals surface area contributed by atoms with E-state index in [1.165, 1.54) is 0 Å². The summed E-state index contributed by atoms with van der Waals surface area (Å²) in [6.07, 6.45) is 2.18. The van der Waals surface area contributed by atoms with Crippen LogP contribution in [0.1, 0.15) is 12.0 Å². The topological polar surface area (TPSA) is 56.0 Å². The van der Waals surface area contributed by atoms with Crippen LogP contribution in [-0.4, -0.2) is 29.8 Å². The molecule has 1 amide bonds. The van der Waals surface area contributed by atoms with Crippen molar-refractivity contribution in [2.45, 2.75) is 13.0 Å². The molecule has 1 aromatic carbocycles. The van der Waals surface area contributed by atoms with Gasteiger partial charge in [-0.25, -0.2) is 4.79 Å². The van der Waals surface area contributed by atoms with Crippen molar-refractivity contribution in [1.29, 1.82) is 0 Å². The highest BCUT2D eigenvalue weighted by atomic mass is 16.6. The van der Waals surface area contributed by atoms with Gasteiger partial charge in [-0.3, -0.25) is 0 Å². The molecule has 3 rings (SSSR count). The normalized spacial score (nSPS) is 17.2. The number of piperidine rings is 1. The van der Waals surface area contributed by atoms with Crippen molar-refractivity contribution < 1.29 is 9.53 Å². The number of ether oxygens (including phenoxy) is 1. The van der Waals surface area contributed by atoms with Gasteiger partial charge >= 0.3 is 6.09 Å². The number of benzene rings is 1. The summed E-state index contributed by atoms with van der Waals surface area (Å²) in [5.74, 6) is 0. The molecule has 5 heteroatoms. The Morgan fingerprint density at radius 2 is 2.16 bits per heavy atom. The maximum atomic E-state index is 12.0. The molecule has 0 bridgehead atoms. The number of carbonyl (C=O) groups is 1. The number of hydrogen-bond acceptors (Lipinski definition) is 3. The number of rotatable bonds is 2. The Bertz CT molecular complexity index is 537. The fourth-order valence-electron chi connectivity index (χ4n) is 2.14. The van der Waals surface area contributed by atoms with E-state index in [1.54, 1.807) is 11.1 Å². The van der Waals surface area contributed by atoms with E-state index in [0.717, 1.165) is 23.3 Å². The van der Waals surface area contributed by atoms with Gasteiger partial charge in [0.1, 0.15) is 6.61 Å². The largest absolute Gasteiger partial charge is 0.445 e. The average Bonchev–Trinajstić information content (AvgIpc) is 2.93. The number of amides is 1. The molecule has 5 nitrogen and oxygen atoms in total. The van der Waals surface area contributed by atoms with Gasteiger partial charge < -0.3 is 9.64 Å². The molecule has 0 atom stereocenters. The summed E-state index contributed by atoms with van der Waals surface area (Å²) in [7, 11) is 0. The molecule has 1 aromatic rings. The fraction of sp³-hybridized carbons (Fsp3) is 0.286. The van der Waals surface area contributed by atoms with E-state index in [1.807, 2.05) is 30.3 Å². The third-order valence-electron chi connectivity index (χ3n) is 3.21. The summed E-state index contributed by atoms with van der Waals surface area (Å²) in [5, 5.41) is 4.02. The monoisotopic (exact) mass is 256 g/mol. The zero-order valence-corrected chi connectivity index (χ0v) is 10.5. The molecule has 0 unspecified atom stereocenters. The molecule has 1 fully saturated rings. The van der Waals surface area contributed by atoms with E-state index in [0.29, 0.717) is 19.7 Å². The summed E-state index contributed by atoms with van der Waals surface area (Å²) < 4.78 is 5.31. The third kappa shape index (κ3) is 2.59. The van der Waals surface area contributed by atoms with Crippen molar-refractivity contribution in [1.82, 2.24) is 10.3 Å². The number of hydrogen-bond donors (Lipinski definition) is 0. The van der Waals surface area contributed by atoms with Crippen LogP contribution in [-0.2, 0) is 11.3 Å². The Morgan fingerprint density at radius 1 is 1.32 bits per heavy atom. The minimum atomic E-state index is -0.282. The van der Waals surface area contributed by atoms with E-state index in [4.69, 9.17) is 4.74 Å². The smallest absolute Gasteiger partial charge is 0.410 e. The van der Waals surface area contributed by atoms with E-state index in [-0.39, 0.29) is 6.09 Å². The molecule has 0 N–H and O–H groups in total. The summed E-state index contributed by atoms with van der Waals surface area (Å²) in [5.41, 5.74) is 6.86. The molecule has 2 heterocycles. The molecule has 1 saturated heterocycles. The fourth-order valence-corrected chi connectivity index (χ4v) is 2.14. The summed E-state index contributed by atoms with van der Waals surface area (Å²) in [6, 6.07) is 9.67. The van der Waals surface area contributed by atoms with Gasteiger partial charge in [0.25, 0.3) is 0 Å². The van der Waals surface area contributed by atoms with Gasteiger partial charge in [-0.05, 0) is 5.56 Å². The van der Waals surface area contributed by atoms with Gasteiger partial charge in [0.15, 0.2) is 0 Å². The maximum absolute atomic E-state index is 12.0. The predicted molar refractivity (Wildman–Crippen MR) is 70.5 cm³/mol. The first-order valence-electron chi connectivity index (χ1n) is 6.24. The molecular weight excluding hydrogens is 242 g/mol. The number of nitrogens with zero attached hydrogens (tertiary/aromatic N) is 3. The average molecular weight is 256 g/mol. The quantitative estimate of drug-likeness (QED) is 0.811. The number of fused-ring (bicyclic) bond motifs is 1. The molecule has 2 aliphatic rings. The highest BCUT2D eigenvalue weighted by Gasteiger charge is 2.26. The van der Waals surface area contributed by atoms with E-state index in [9.17, 15) is 4.79 Å². The molecule has 0 aliphatic carbocycles. The number of carbonyl (C=O) groups excluding carboxylic acids is 1. The molecule has 2 aliphatic heterocycles. The zero-order chi connectivity index (χ0) is 13.1. The van der Waals surface area contributed by atoms with Crippen LogP contribution in [0.4, 0.5) is 4.79 Å². The Morgan fingerprint density at radius 3 is 3.00 bits per heavy atom. The Labute approximate surface area is 111 Å². The SMILES string of the molecule is O=C(OCc1ccccc1)N1CCC2=N[N]C=C2C1. The lowest BCUT2D eigenvalue weighted by Gasteiger charge is -2.27. The van der Waals surface area contributed by atoms with Crippen LogP contribution in [0.3, 0.4) is 0 Å². The first-order valence-corrected chi connectivity index (χ1v) is 6.24. The minimum Gasteiger partial charge on any atom is -0.445 e. The van der Waals surface area contributed by atoms with Crippen LogP contribution in [0.5, 0.6) is 0 Å². The van der Waals surface area contributed by atoms with Crippen LogP contribution < -0.4 is 5.43 Å². The molecule has 0 aromatic heterocycles. The van der Waals surface area contributed by atoms with Crippen LogP contribution >= 0.6 is 0 Å². The summed E-state index contributed by atoms with van der Waals surface area (Å²) in [6.45, 7) is 1.48. The Kier molecular flexibility index (Phi) is 3.18. The summed E-state index contributed by atoms with van der Waals surface area (Å²) in [4.78, 5) is 13.7. The van der Waals surface area contributed by atoms with Gasteiger partial charge in [0.05, 0.1) is 18.5 Å². The van der Waals surface area contributed by atoms with Gasteiger partial charge in [-0.15, -0.1) is 0 Å². The highest BCUT2D eigenvalue weighted by molar-refractivity contribution is 6.03. The van der Waals surface area contributed by atoms with Crippen molar-refractivity contribution in [3.63, 3.8) is 0 Å². The van der Waals surface area contributed by atoms with Crippen molar-refractivity contribution in [3.8, 4) is 0 Å². The van der Waals surface area contributed by atoms with Crippen molar-refractivity contribution in [3.05, 3.63) is 47.7 Å². The minimum absolute atomic E-state index is 0.282. The molecule has 0 saturated carbocycles. The molecule has 97 valence electrons. The molecular formula is C14H14N3O2. The van der Waals surface area contributed by atoms with Crippen molar-refractivity contribution in [2.24, 2.45) is 5.10 Å². The zero-order valence-electron chi connectivity index (χ0n) is 10.5. The van der Waals surface area contributed by atoms with Crippen LogP contribution in [0.25, 0.3) is 0 Å². The third-order valence-corrected chi connectivity index (χ3v) is 3.21. The van der Waals surface area contributed by atoms with Gasteiger partial charge in [0, 0.05) is 18.5 Å². The van der Waals surface area contributed by atoms with E-state index < -0.39 is 0 Å². The lowest BCUT2D eigenvalue weighted by atomic mass is 10.0.